The van der Waals surface area contributed by atoms with Crippen molar-refractivity contribution in [3.63, 3.8) is 0 Å². The number of anilines is 1. The average Bonchev–Trinajstić information content (AvgIpc) is 3.32. The van der Waals surface area contributed by atoms with Gasteiger partial charge in [0.1, 0.15) is 6.04 Å². The van der Waals surface area contributed by atoms with E-state index >= 15 is 0 Å². The Kier molecular flexibility index (Phi) is 3.92. The van der Waals surface area contributed by atoms with Gasteiger partial charge in [0.25, 0.3) is 5.56 Å². The molecule has 0 spiro atoms. The van der Waals surface area contributed by atoms with Gasteiger partial charge < -0.3 is 20.1 Å². The Morgan fingerprint density at radius 3 is 3.05 bits per heavy atom. The van der Waals surface area contributed by atoms with E-state index in [1.807, 2.05) is 11.8 Å². The lowest BCUT2D eigenvalue weighted by Gasteiger charge is -2.35. The van der Waals surface area contributed by atoms with E-state index in [0.29, 0.717) is 31.5 Å². The fourth-order valence-electron chi connectivity index (χ4n) is 2.74. The third-order valence-corrected chi connectivity index (χ3v) is 3.96. The number of amides is 1. The molecule has 1 aliphatic carbocycles. The van der Waals surface area contributed by atoms with Crippen molar-refractivity contribution in [3.05, 3.63) is 22.7 Å². The summed E-state index contributed by atoms with van der Waals surface area (Å²) in [7, 11) is 0. The fourth-order valence-corrected chi connectivity index (χ4v) is 2.74. The molecule has 0 radical (unpaired) electrons. The van der Waals surface area contributed by atoms with Crippen molar-refractivity contribution >= 4 is 11.7 Å². The Labute approximate surface area is 123 Å². The summed E-state index contributed by atoms with van der Waals surface area (Å²) in [6.45, 7) is 4.36. The summed E-state index contributed by atoms with van der Waals surface area (Å²) in [6.07, 6.45) is 5.49. The summed E-state index contributed by atoms with van der Waals surface area (Å²) in [5.74, 6) is 0.329. The van der Waals surface area contributed by atoms with E-state index in [0.717, 1.165) is 19.4 Å². The predicted molar refractivity (Wildman–Crippen MR) is 79.5 cm³/mol. The minimum atomic E-state index is -0.381. The second-order valence-corrected chi connectivity index (χ2v) is 5.50. The molecule has 21 heavy (non-hydrogen) atoms. The molecule has 3 rings (SSSR count). The third-order valence-electron chi connectivity index (χ3n) is 3.96. The monoisotopic (exact) mass is 291 g/mol. The Hall–Kier alpha value is -1.89. The van der Waals surface area contributed by atoms with Gasteiger partial charge in [-0.3, -0.25) is 9.59 Å². The second kappa shape index (κ2) is 5.85. The van der Waals surface area contributed by atoms with Crippen molar-refractivity contribution in [2.75, 3.05) is 31.1 Å². The number of hydrogen-bond acceptors (Lipinski definition) is 5. The highest BCUT2D eigenvalue weighted by atomic mass is 16.2. The van der Waals surface area contributed by atoms with E-state index in [4.69, 9.17) is 0 Å². The Morgan fingerprint density at radius 1 is 1.52 bits per heavy atom. The fraction of sp³-hybridized carbons (Fsp3) is 0.643. The van der Waals surface area contributed by atoms with Crippen LogP contribution in [0.25, 0.3) is 0 Å². The highest BCUT2D eigenvalue weighted by Gasteiger charge is 2.32. The molecule has 2 fully saturated rings. The molecule has 7 nitrogen and oxygen atoms in total. The Balaban J connectivity index is 1.91. The zero-order valence-corrected chi connectivity index (χ0v) is 12.2. The van der Waals surface area contributed by atoms with Crippen LogP contribution in [0.15, 0.2) is 17.2 Å². The SMILES string of the molecule is CCNC(=O)C1CNCCN1c1nccn(C2CC2)c1=O. The molecule has 1 saturated carbocycles. The molecular formula is C14H21N5O2. The first-order valence-electron chi connectivity index (χ1n) is 7.54. The smallest absolute Gasteiger partial charge is 0.293 e. The lowest BCUT2D eigenvalue weighted by atomic mass is 10.1. The molecule has 2 aliphatic rings. The normalized spacial score (nSPS) is 22.1. The molecule has 1 aromatic rings. The number of aromatic nitrogens is 2. The second-order valence-electron chi connectivity index (χ2n) is 5.50. The first-order valence-corrected chi connectivity index (χ1v) is 7.54. The number of hydrogen-bond donors (Lipinski definition) is 2. The highest BCUT2D eigenvalue weighted by molar-refractivity contribution is 5.85. The minimum Gasteiger partial charge on any atom is -0.355 e. The van der Waals surface area contributed by atoms with Crippen molar-refractivity contribution in [1.82, 2.24) is 20.2 Å². The number of nitrogens with one attached hydrogen (secondary N) is 2. The van der Waals surface area contributed by atoms with Gasteiger partial charge in [-0.1, -0.05) is 0 Å². The molecule has 0 aromatic carbocycles. The summed E-state index contributed by atoms with van der Waals surface area (Å²) in [4.78, 5) is 30.9. The molecular weight excluding hydrogens is 270 g/mol. The number of carbonyl (C=O) groups excluding carboxylic acids is 1. The van der Waals surface area contributed by atoms with Gasteiger partial charge in [-0.05, 0) is 19.8 Å². The van der Waals surface area contributed by atoms with Crippen LogP contribution in [0.4, 0.5) is 5.82 Å². The molecule has 1 unspecified atom stereocenters. The average molecular weight is 291 g/mol. The van der Waals surface area contributed by atoms with Crippen LogP contribution < -0.4 is 21.1 Å². The van der Waals surface area contributed by atoms with E-state index in [1.54, 1.807) is 17.0 Å². The molecule has 0 bridgehead atoms. The van der Waals surface area contributed by atoms with Crippen molar-refractivity contribution in [2.24, 2.45) is 0 Å². The van der Waals surface area contributed by atoms with Crippen molar-refractivity contribution < 1.29 is 4.79 Å². The van der Waals surface area contributed by atoms with Gasteiger partial charge in [-0.25, -0.2) is 4.98 Å². The maximum atomic E-state index is 12.6. The number of rotatable bonds is 4. The van der Waals surface area contributed by atoms with Gasteiger partial charge in [-0.2, -0.15) is 0 Å². The maximum Gasteiger partial charge on any atom is 0.293 e. The Morgan fingerprint density at radius 2 is 2.33 bits per heavy atom. The van der Waals surface area contributed by atoms with Crippen LogP contribution in [0.3, 0.4) is 0 Å². The first-order chi connectivity index (χ1) is 10.2. The number of carbonyl (C=O) groups is 1. The predicted octanol–water partition coefficient (Wildman–Crippen LogP) is -0.507. The summed E-state index contributed by atoms with van der Waals surface area (Å²) in [5.41, 5.74) is -0.0869. The zero-order chi connectivity index (χ0) is 14.8. The highest BCUT2D eigenvalue weighted by Crippen LogP contribution is 2.33. The molecule has 1 amide bonds. The van der Waals surface area contributed by atoms with E-state index in [-0.39, 0.29) is 17.5 Å². The quantitative estimate of drug-likeness (QED) is 0.781. The molecule has 2 N–H and O–H groups in total. The van der Waals surface area contributed by atoms with E-state index in [9.17, 15) is 9.59 Å². The third kappa shape index (κ3) is 2.78. The molecule has 1 saturated heterocycles. The molecule has 1 atom stereocenters. The zero-order valence-electron chi connectivity index (χ0n) is 12.2. The molecule has 2 heterocycles. The number of nitrogens with zero attached hydrogens (tertiary/aromatic N) is 3. The van der Waals surface area contributed by atoms with Crippen LogP contribution in [0.1, 0.15) is 25.8 Å². The summed E-state index contributed by atoms with van der Waals surface area (Å²) in [6, 6.07) is -0.0703. The Bertz CT molecular complexity index is 581. The van der Waals surface area contributed by atoms with E-state index in [1.165, 1.54) is 0 Å². The number of likely N-dealkylation sites (N-methyl/N-ethyl adjacent to an activating group) is 1. The van der Waals surface area contributed by atoms with Gasteiger partial charge in [0.2, 0.25) is 5.91 Å². The van der Waals surface area contributed by atoms with Gasteiger partial charge in [0.15, 0.2) is 5.82 Å². The minimum absolute atomic E-state index is 0.0623. The molecule has 1 aliphatic heterocycles. The van der Waals surface area contributed by atoms with Crippen LogP contribution >= 0.6 is 0 Å². The lowest BCUT2D eigenvalue weighted by molar-refractivity contribution is -0.122. The lowest BCUT2D eigenvalue weighted by Crippen LogP contribution is -2.59. The van der Waals surface area contributed by atoms with Gasteiger partial charge >= 0.3 is 0 Å². The number of piperazine rings is 1. The van der Waals surface area contributed by atoms with E-state index in [2.05, 4.69) is 15.6 Å². The van der Waals surface area contributed by atoms with E-state index < -0.39 is 0 Å². The molecule has 7 heteroatoms. The first kappa shape index (κ1) is 14.1. The van der Waals surface area contributed by atoms with Crippen molar-refractivity contribution in [1.29, 1.82) is 0 Å². The van der Waals surface area contributed by atoms with Crippen LogP contribution in [-0.2, 0) is 4.79 Å². The standard InChI is InChI=1S/C14H21N5O2/c1-2-16-13(20)11-9-15-5-7-19(11)12-14(21)18(8-6-17-12)10-3-4-10/h6,8,10-11,15H,2-5,7,9H2,1H3,(H,16,20). The van der Waals surface area contributed by atoms with Crippen LogP contribution in [0.5, 0.6) is 0 Å². The summed E-state index contributed by atoms with van der Waals surface area (Å²) in [5, 5.41) is 6.03. The van der Waals surface area contributed by atoms with Gasteiger partial charge in [0, 0.05) is 44.6 Å². The summed E-state index contributed by atoms with van der Waals surface area (Å²) >= 11 is 0. The molecule has 1 aromatic heterocycles. The van der Waals surface area contributed by atoms with Crippen molar-refractivity contribution in [3.8, 4) is 0 Å². The van der Waals surface area contributed by atoms with Crippen LogP contribution in [0.2, 0.25) is 0 Å². The maximum absolute atomic E-state index is 12.6. The van der Waals surface area contributed by atoms with Crippen molar-refractivity contribution in [2.45, 2.75) is 31.8 Å². The van der Waals surface area contributed by atoms with Crippen LogP contribution in [-0.4, -0.2) is 47.7 Å². The molecule has 114 valence electrons. The largest absolute Gasteiger partial charge is 0.355 e. The van der Waals surface area contributed by atoms with Crippen LogP contribution in [0, 0.1) is 0 Å². The topological polar surface area (TPSA) is 79.3 Å². The van der Waals surface area contributed by atoms with Gasteiger partial charge in [0.05, 0.1) is 0 Å². The van der Waals surface area contributed by atoms with Gasteiger partial charge in [-0.15, -0.1) is 0 Å². The summed E-state index contributed by atoms with van der Waals surface area (Å²) < 4.78 is 1.75.